The van der Waals surface area contributed by atoms with Gasteiger partial charge in [-0.05, 0) is 119 Å². The van der Waals surface area contributed by atoms with Gasteiger partial charge in [-0.1, -0.05) is 70.1 Å². The minimum atomic E-state index is 0.814. The highest BCUT2D eigenvalue weighted by Crippen LogP contribution is 2.39. The molecule has 0 saturated carbocycles. The van der Waals surface area contributed by atoms with Crippen LogP contribution < -0.4 is 0 Å². The van der Waals surface area contributed by atoms with Crippen molar-refractivity contribution in [3.63, 3.8) is 0 Å². The van der Waals surface area contributed by atoms with E-state index in [2.05, 4.69) is 92.7 Å². The van der Waals surface area contributed by atoms with Gasteiger partial charge in [0.2, 0.25) is 0 Å². The summed E-state index contributed by atoms with van der Waals surface area (Å²) in [5, 5.41) is 0. The Labute approximate surface area is 298 Å². The van der Waals surface area contributed by atoms with Gasteiger partial charge in [-0.25, -0.2) is 9.97 Å². The molecule has 0 radical (unpaired) electrons. The molecule has 0 saturated heterocycles. The third-order valence-corrected chi connectivity index (χ3v) is 10.4. The van der Waals surface area contributed by atoms with E-state index in [0.29, 0.717) is 0 Å². The van der Waals surface area contributed by atoms with Crippen molar-refractivity contribution in [2.45, 2.75) is 9.79 Å². The average Bonchev–Trinajstić information content (AvgIpc) is 3.21. The lowest BCUT2D eigenvalue weighted by atomic mass is 10.0. The lowest BCUT2D eigenvalue weighted by Gasteiger charge is -2.10. The first-order chi connectivity index (χ1) is 24.7. The normalized spacial score (nSPS) is 11.0. The fourth-order valence-corrected chi connectivity index (χ4v) is 7.41. The molecule has 0 atom stereocenters. The Balaban J connectivity index is 1.01. The molecule has 6 heterocycles. The van der Waals surface area contributed by atoms with Crippen molar-refractivity contribution >= 4 is 21.6 Å². The van der Waals surface area contributed by atoms with Crippen molar-refractivity contribution in [1.29, 1.82) is 0 Å². The van der Waals surface area contributed by atoms with Gasteiger partial charge in [0.25, 0.3) is 0 Å². The number of pyridine rings is 6. The van der Waals surface area contributed by atoms with Crippen LogP contribution in [0.5, 0.6) is 0 Å². The number of hydrogen-bond donors (Lipinski definition) is 0. The molecule has 50 heavy (non-hydrogen) atoms. The lowest BCUT2D eigenvalue weighted by molar-refractivity contribution is 1.22. The Bertz CT molecular complexity index is 2050. The number of benzene rings is 2. The van der Waals surface area contributed by atoms with E-state index in [0.717, 1.165) is 67.8 Å². The van der Waals surface area contributed by atoms with Crippen molar-refractivity contribution in [2.24, 2.45) is 0 Å². The van der Waals surface area contributed by atoms with Gasteiger partial charge in [0.1, 0.15) is 0 Å². The van der Waals surface area contributed by atoms with Crippen LogP contribution in [0, 0.1) is 0 Å². The fourth-order valence-electron chi connectivity index (χ4n) is 5.48. The Kier molecular flexibility index (Phi) is 9.18. The molecule has 8 aromatic rings. The SMILES string of the molecule is c1ccc(-c2cc(-c3ccc(SSc4ccc(-c5cc(-c6ccccn6)nc(-c6ccccn6)c5)cc4)cc3)cc(-c3ccccn3)n2)nc1. The molecule has 0 amide bonds. The molecule has 0 unspecified atom stereocenters. The van der Waals surface area contributed by atoms with Crippen molar-refractivity contribution in [3.8, 4) is 67.8 Å². The summed E-state index contributed by atoms with van der Waals surface area (Å²) in [6, 6.07) is 49.2. The second kappa shape index (κ2) is 14.7. The predicted octanol–water partition coefficient (Wildman–Crippen LogP) is 10.9. The zero-order valence-electron chi connectivity index (χ0n) is 26.7. The van der Waals surface area contributed by atoms with Crippen molar-refractivity contribution in [1.82, 2.24) is 29.9 Å². The Morgan fingerprint density at radius 1 is 0.280 bits per heavy atom. The van der Waals surface area contributed by atoms with Crippen molar-refractivity contribution in [3.05, 3.63) is 170 Å². The zero-order valence-corrected chi connectivity index (χ0v) is 28.3. The highest BCUT2D eigenvalue weighted by atomic mass is 33.1. The van der Waals surface area contributed by atoms with E-state index in [1.165, 1.54) is 9.79 Å². The molecule has 6 nitrogen and oxygen atoms in total. The van der Waals surface area contributed by atoms with Crippen LogP contribution in [0.4, 0.5) is 0 Å². The van der Waals surface area contributed by atoms with E-state index in [1.807, 2.05) is 72.8 Å². The first kappa shape index (κ1) is 31.3. The molecule has 0 N–H and O–H groups in total. The quantitative estimate of drug-likeness (QED) is 0.139. The van der Waals surface area contributed by atoms with Gasteiger partial charge in [-0.15, -0.1) is 0 Å². The smallest absolute Gasteiger partial charge is 0.0900 e. The van der Waals surface area contributed by atoms with Crippen molar-refractivity contribution in [2.75, 3.05) is 0 Å². The summed E-state index contributed by atoms with van der Waals surface area (Å²) in [7, 11) is 3.47. The van der Waals surface area contributed by atoms with Gasteiger partial charge in [0.05, 0.1) is 45.6 Å². The van der Waals surface area contributed by atoms with E-state index < -0.39 is 0 Å². The third kappa shape index (κ3) is 7.22. The fraction of sp³-hybridized carbons (Fsp3) is 0. The Morgan fingerprint density at radius 3 is 0.840 bits per heavy atom. The third-order valence-electron chi connectivity index (χ3n) is 7.97. The summed E-state index contributed by atoms with van der Waals surface area (Å²) in [5.41, 5.74) is 10.9. The monoisotopic (exact) mass is 680 g/mol. The first-order valence-corrected chi connectivity index (χ1v) is 18.2. The molecule has 238 valence electrons. The largest absolute Gasteiger partial charge is 0.255 e. The predicted molar refractivity (Wildman–Crippen MR) is 204 cm³/mol. The molecular formula is C42H28N6S2. The van der Waals surface area contributed by atoms with E-state index in [4.69, 9.17) is 9.97 Å². The minimum Gasteiger partial charge on any atom is -0.255 e. The molecule has 0 spiro atoms. The number of aromatic nitrogens is 6. The van der Waals surface area contributed by atoms with Gasteiger partial charge in [0.15, 0.2) is 0 Å². The van der Waals surface area contributed by atoms with Crippen LogP contribution in [-0.2, 0) is 0 Å². The van der Waals surface area contributed by atoms with E-state index in [-0.39, 0.29) is 0 Å². The van der Waals surface area contributed by atoms with E-state index >= 15 is 0 Å². The maximum atomic E-state index is 4.90. The molecule has 8 heteroatoms. The topological polar surface area (TPSA) is 77.3 Å². The maximum absolute atomic E-state index is 4.90. The molecule has 8 rings (SSSR count). The van der Waals surface area contributed by atoms with Crippen molar-refractivity contribution < 1.29 is 0 Å². The second-order valence-electron chi connectivity index (χ2n) is 11.3. The van der Waals surface area contributed by atoms with Crippen LogP contribution in [0.25, 0.3) is 67.8 Å². The molecule has 6 aromatic heterocycles. The average molecular weight is 681 g/mol. The summed E-state index contributed by atoms with van der Waals surface area (Å²) >= 11 is 0. The van der Waals surface area contributed by atoms with Crippen LogP contribution in [0.1, 0.15) is 0 Å². The van der Waals surface area contributed by atoms with Gasteiger partial charge < -0.3 is 0 Å². The van der Waals surface area contributed by atoms with Crippen LogP contribution in [0.15, 0.2) is 180 Å². The molecule has 0 aliphatic rings. The van der Waals surface area contributed by atoms with E-state index in [9.17, 15) is 0 Å². The summed E-state index contributed by atoms with van der Waals surface area (Å²) in [4.78, 5) is 30.3. The van der Waals surface area contributed by atoms with Crippen LogP contribution >= 0.6 is 21.6 Å². The molecule has 0 aliphatic heterocycles. The molecule has 0 bridgehead atoms. The minimum absolute atomic E-state index is 0.814. The maximum Gasteiger partial charge on any atom is 0.0900 e. The highest BCUT2D eigenvalue weighted by Gasteiger charge is 2.12. The van der Waals surface area contributed by atoms with Crippen LogP contribution in [0.3, 0.4) is 0 Å². The molecule has 0 aliphatic carbocycles. The highest BCUT2D eigenvalue weighted by molar-refractivity contribution is 8.76. The van der Waals surface area contributed by atoms with Crippen LogP contribution in [-0.4, -0.2) is 29.9 Å². The van der Waals surface area contributed by atoms with Gasteiger partial charge in [-0.2, -0.15) is 0 Å². The number of nitrogens with zero attached hydrogens (tertiary/aromatic N) is 6. The Hall–Kier alpha value is -5.96. The second-order valence-corrected chi connectivity index (χ2v) is 13.6. The summed E-state index contributed by atoms with van der Waals surface area (Å²) in [5.74, 6) is 0. The van der Waals surface area contributed by atoms with Gasteiger partial charge in [-0.3, -0.25) is 19.9 Å². The first-order valence-electron chi connectivity index (χ1n) is 16.0. The Morgan fingerprint density at radius 2 is 0.580 bits per heavy atom. The zero-order chi connectivity index (χ0) is 33.5. The molecular weight excluding hydrogens is 653 g/mol. The standard InChI is InChI=1S/C42H28N6S2/c1-5-21-43-35(9-1)39-25-31(26-40(47-39)36-10-2-6-22-44-36)29-13-17-33(18-14-29)49-50-34-19-15-30(16-20-34)32-27-41(37-11-3-7-23-45-37)48-42(28-32)38-12-4-8-24-46-38/h1-28H. The van der Waals surface area contributed by atoms with Gasteiger partial charge in [0, 0.05) is 34.6 Å². The number of hydrogen-bond acceptors (Lipinski definition) is 8. The summed E-state index contributed by atoms with van der Waals surface area (Å²) in [6.45, 7) is 0. The summed E-state index contributed by atoms with van der Waals surface area (Å²) in [6.07, 6.45) is 7.16. The molecule has 0 fully saturated rings. The lowest BCUT2D eigenvalue weighted by Crippen LogP contribution is -1.93. The molecule has 2 aromatic carbocycles. The van der Waals surface area contributed by atoms with Crippen LogP contribution in [0.2, 0.25) is 0 Å². The number of rotatable bonds is 9. The summed E-state index contributed by atoms with van der Waals surface area (Å²) < 4.78 is 0. The van der Waals surface area contributed by atoms with E-state index in [1.54, 1.807) is 46.4 Å². The van der Waals surface area contributed by atoms with Gasteiger partial charge >= 0.3 is 0 Å².